The van der Waals surface area contributed by atoms with Crippen molar-refractivity contribution in [3.63, 3.8) is 0 Å². The molecule has 1 aromatic carbocycles. The zero-order chi connectivity index (χ0) is 14.1. The maximum atomic E-state index is 12.0. The molecule has 0 fully saturated rings. The maximum Gasteiger partial charge on any atom is 0.391 e. The summed E-state index contributed by atoms with van der Waals surface area (Å²) in [7, 11) is 0. The van der Waals surface area contributed by atoms with Crippen molar-refractivity contribution in [3.8, 4) is 22.8 Å². The van der Waals surface area contributed by atoms with Crippen LogP contribution in [0.1, 0.15) is 5.56 Å². The molecule has 20 heavy (non-hydrogen) atoms. The molecule has 100 valence electrons. The molecule has 1 N–H and O–H groups in total. The Kier molecular flexibility index (Phi) is 3.28. The summed E-state index contributed by atoms with van der Waals surface area (Å²) in [6.45, 7) is 1.89. The summed E-state index contributed by atoms with van der Waals surface area (Å²) in [4.78, 5) is 19.1. The van der Waals surface area contributed by atoms with Crippen LogP contribution in [0.2, 0.25) is 0 Å². The highest BCUT2D eigenvalue weighted by atomic mass is 32.2. The minimum Gasteiger partial charge on any atom is -0.422 e. The van der Waals surface area contributed by atoms with Crippen LogP contribution in [0.5, 0.6) is 0 Å². The zero-order valence-electron chi connectivity index (χ0n) is 11.1. The number of hydrogen-bond donors (Lipinski definition) is 0. The van der Waals surface area contributed by atoms with E-state index in [4.69, 9.17) is 4.42 Å². The van der Waals surface area contributed by atoms with Crippen molar-refractivity contribution < 1.29 is 9.40 Å². The Bertz CT molecular complexity index is 784. The molecule has 0 aromatic heterocycles. The van der Waals surface area contributed by atoms with E-state index in [2.05, 4.69) is 9.97 Å². The zero-order valence-corrected chi connectivity index (χ0v) is 12.0. The van der Waals surface area contributed by atoms with Gasteiger partial charge in [-0.2, -0.15) is 4.98 Å². The molecule has 0 aliphatic carbocycles. The lowest BCUT2D eigenvalue weighted by atomic mass is 10.1. The van der Waals surface area contributed by atoms with Crippen LogP contribution in [0.25, 0.3) is 22.8 Å². The second-order valence-corrected chi connectivity index (χ2v) is 5.21. The second kappa shape index (κ2) is 5.09. The number of rotatable bonds is 2. The Labute approximate surface area is 120 Å². The van der Waals surface area contributed by atoms with Crippen LogP contribution >= 0.6 is 11.8 Å². The number of benzene rings is 1. The van der Waals surface area contributed by atoms with Crippen LogP contribution in [0, 0.1) is 6.92 Å². The number of H-pyrrole nitrogens is 1. The van der Waals surface area contributed by atoms with E-state index in [0.29, 0.717) is 16.6 Å². The highest BCUT2D eigenvalue weighted by Gasteiger charge is 2.24. The summed E-state index contributed by atoms with van der Waals surface area (Å²) in [5.41, 5.74) is 2.07. The van der Waals surface area contributed by atoms with E-state index in [0.717, 1.165) is 16.9 Å². The van der Waals surface area contributed by atoms with Gasteiger partial charge in [0.1, 0.15) is 5.76 Å². The van der Waals surface area contributed by atoms with Crippen molar-refractivity contribution in [1.82, 2.24) is 4.98 Å². The number of nitrogens with one attached hydrogen (secondary N) is 1. The molecule has 2 aliphatic rings. The molecule has 0 bridgehead atoms. The third-order valence-corrected chi connectivity index (χ3v) is 3.65. The summed E-state index contributed by atoms with van der Waals surface area (Å²) in [5, 5.41) is 0.552. The molecule has 3 rings (SSSR count). The molecule has 0 amide bonds. The van der Waals surface area contributed by atoms with E-state index in [9.17, 15) is 4.79 Å². The number of aromatic nitrogens is 2. The molecule has 0 spiro atoms. The Morgan fingerprint density at radius 3 is 2.70 bits per heavy atom. The predicted octanol–water partition coefficient (Wildman–Crippen LogP) is 2.65. The Morgan fingerprint density at radius 2 is 2.00 bits per heavy atom. The Morgan fingerprint density at radius 1 is 1.25 bits per heavy atom. The largest absolute Gasteiger partial charge is 0.422 e. The first-order valence-electron chi connectivity index (χ1n) is 6.16. The van der Waals surface area contributed by atoms with Crippen molar-refractivity contribution in [2.24, 2.45) is 0 Å². The van der Waals surface area contributed by atoms with Crippen LogP contribution in [0.3, 0.4) is 0 Å². The topological polar surface area (TPSA) is 57.2 Å². The molecule has 0 atom stereocenters. The van der Waals surface area contributed by atoms with Crippen molar-refractivity contribution in [3.05, 3.63) is 52.3 Å². The average Bonchev–Trinajstić information content (AvgIpc) is 2.47. The van der Waals surface area contributed by atoms with Gasteiger partial charge in [-0.15, -0.1) is 0 Å². The highest BCUT2D eigenvalue weighted by molar-refractivity contribution is 7.98. The number of thioether (sulfide) groups is 1. The van der Waals surface area contributed by atoms with Gasteiger partial charge >= 0.3 is 16.6 Å². The lowest BCUT2D eigenvalue weighted by molar-refractivity contribution is -0.434. The third-order valence-electron chi connectivity index (χ3n) is 3.07. The van der Waals surface area contributed by atoms with Gasteiger partial charge in [-0.1, -0.05) is 30.3 Å². The van der Waals surface area contributed by atoms with Crippen LogP contribution in [-0.2, 0) is 0 Å². The smallest absolute Gasteiger partial charge is 0.391 e. The average molecular weight is 285 g/mol. The van der Waals surface area contributed by atoms with Gasteiger partial charge in [0.25, 0.3) is 0 Å². The molecular formula is C15H13N2O2S+. The molecule has 4 nitrogen and oxygen atoms in total. The molecule has 0 saturated carbocycles. The van der Waals surface area contributed by atoms with Gasteiger partial charge in [-0.3, -0.25) is 0 Å². The van der Waals surface area contributed by atoms with Gasteiger partial charge in [0.2, 0.25) is 0 Å². The van der Waals surface area contributed by atoms with Crippen LogP contribution in [0.4, 0.5) is 0 Å². The van der Waals surface area contributed by atoms with Crippen molar-refractivity contribution >= 4 is 11.8 Å². The monoisotopic (exact) mass is 285 g/mol. The fourth-order valence-corrected chi connectivity index (χ4v) is 2.48. The first kappa shape index (κ1) is 12.9. The van der Waals surface area contributed by atoms with E-state index in [1.807, 2.05) is 49.6 Å². The van der Waals surface area contributed by atoms with Crippen LogP contribution in [-0.4, -0.2) is 11.2 Å². The molecule has 5 heteroatoms. The molecular weight excluding hydrogens is 272 g/mol. The third kappa shape index (κ3) is 2.20. The summed E-state index contributed by atoms with van der Waals surface area (Å²) >= 11 is 1.38. The number of aromatic amines is 1. The quantitative estimate of drug-likeness (QED) is 0.536. The summed E-state index contributed by atoms with van der Waals surface area (Å²) < 4.78 is 5.84. The van der Waals surface area contributed by atoms with Gasteiger partial charge in [0, 0.05) is 10.5 Å². The number of aryl methyl sites for hydroxylation is 1. The fraction of sp³-hybridized carbons (Fsp3) is 0.133. The van der Waals surface area contributed by atoms with E-state index >= 15 is 0 Å². The summed E-state index contributed by atoms with van der Waals surface area (Å²) in [6.07, 6.45) is 1.86. The lowest BCUT2D eigenvalue weighted by Crippen LogP contribution is -2.25. The highest BCUT2D eigenvalue weighted by Crippen LogP contribution is 2.27. The van der Waals surface area contributed by atoms with Crippen molar-refractivity contribution in [2.75, 3.05) is 6.26 Å². The fourth-order valence-electron chi connectivity index (χ4n) is 2.11. The van der Waals surface area contributed by atoms with E-state index < -0.39 is 0 Å². The SMILES string of the molecule is CSc1nc(=O)c2c(C)cc(-c3ccccc3)oc-2[nH+]1. The van der Waals surface area contributed by atoms with Gasteiger partial charge in [0.05, 0.1) is 0 Å². The molecule has 0 saturated heterocycles. The lowest BCUT2D eigenvalue weighted by Gasteiger charge is -2.06. The minimum atomic E-state index is -0.260. The maximum absolute atomic E-state index is 12.0. The van der Waals surface area contributed by atoms with E-state index in [-0.39, 0.29) is 5.56 Å². The second-order valence-electron chi connectivity index (χ2n) is 4.42. The number of fused-ring (bicyclic) bond motifs is 1. The molecule has 0 radical (unpaired) electrons. The standard InChI is InChI=1S/C15H12N2O2S/c1-9-8-11(10-6-4-3-5-7-10)19-14-12(9)13(18)16-15(17-14)20-2/h3-8H,1-2H3/p+1. The van der Waals surface area contributed by atoms with Gasteiger partial charge in [-0.25, -0.2) is 4.79 Å². The predicted molar refractivity (Wildman–Crippen MR) is 77.9 cm³/mol. The number of nitrogens with zero attached hydrogens (tertiary/aromatic N) is 1. The van der Waals surface area contributed by atoms with Gasteiger partial charge in [0.15, 0.2) is 5.56 Å². The van der Waals surface area contributed by atoms with Crippen molar-refractivity contribution in [1.29, 1.82) is 0 Å². The van der Waals surface area contributed by atoms with Crippen molar-refractivity contribution in [2.45, 2.75) is 12.1 Å². The van der Waals surface area contributed by atoms with E-state index in [1.165, 1.54) is 11.8 Å². The van der Waals surface area contributed by atoms with Gasteiger partial charge in [-0.05, 0) is 36.6 Å². The molecule has 2 aliphatic heterocycles. The molecule has 2 heterocycles. The van der Waals surface area contributed by atoms with Gasteiger partial charge < -0.3 is 4.42 Å². The summed E-state index contributed by atoms with van der Waals surface area (Å²) in [6, 6.07) is 11.7. The van der Waals surface area contributed by atoms with Crippen LogP contribution < -0.4 is 10.5 Å². The first-order valence-corrected chi connectivity index (χ1v) is 7.38. The van der Waals surface area contributed by atoms with E-state index in [1.54, 1.807) is 0 Å². The normalized spacial score (nSPS) is 10.9. The minimum absolute atomic E-state index is 0.260. The summed E-state index contributed by atoms with van der Waals surface area (Å²) in [5.74, 6) is 1.19. The first-order chi connectivity index (χ1) is 9.69. The Balaban J connectivity index is 2.29. The number of hydrogen-bond acceptors (Lipinski definition) is 4. The molecule has 1 aromatic rings. The van der Waals surface area contributed by atoms with Crippen LogP contribution in [0.15, 0.2) is 50.8 Å². The Hall–Kier alpha value is -2.14. The molecule has 0 unspecified atom stereocenters.